The first-order valence-corrected chi connectivity index (χ1v) is 6.12. The SMILES string of the molecule is O=C(Cc1cccnc1)NC1CCCCC1O. The summed E-state index contributed by atoms with van der Waals surface area (Å²) in [5.41, 5.74) is 0.898. The van der Waals surface area contributed by atoms with E-state index >= 15 is 0 Å². The number of aliphatic hydroxyl groups excluding tert-OH is 1. The zero-order chi connectivity index (χ0) is 12.1. The van der Waals surface area contributed by atoms with Crippen LogP contribution in [0.4, 0.5) is 0 Å². The van der Waals surface area contributed by atoms with Crippen molar-refractivity contribution in [2.24, 2.45) is 0 Å². The van der Waals surface area contributed by atoms with Gasteiger partial charge >= 0.3 is 0 Å². The first-order valence-electron chi connectivity index (χ1n) is 6.12. The average Bonchev–Trinajstić information content (AvgIpc) is 2.33. The predicted molar refractivity (Wildman–Crippen MR) is 64.3 cm³/mol. The van der Waals surface area contributed by atoms with E-state index < -0.39 is 0 Å². The number of carbonyl (C=O) groups excluding carboxylic acids is 1. The Hall–Kier alpha value is -1.42. The monoisotopic (exact) mass is 234 g/mol. The highest BCUT2D eigenvalue weighted by Gasteiger charge is 2.24. The van der Waals surface area contributed by atoms with Crippen LogP contribution in [0.25, 0.3) is 0 Å². The topological polar surface area (TPSA) is 62.2 Å². The Kier molecular flexibility index (Phi) is 4.09. The smallest absolute Gasteiger partial charge is 0.224 e. The lowest BCUT2D eigenvalue weighted by molar-refractivity contribution is -0.122. The average molecular weight is 234 g/mol. The largest absolute Gasteiger partial charge is 0.391 e. The molecule has 1 saturated carbocycles. The number of amides is 1. The minimum Gasteiger partial charge on any atom is -0.391 e. The number of carbonyl (C=O) groups is 1. The number of aromatic nitrogens is 1. The molecule has 2 N–H and O–H groups in total. The Morgan fingerprint density at radius 3 is 3.00 bits per heavy atom. The van der Waals surface area contributed by atoms with Crippen LogP contribution < -0.4 is 5.32 Å². The predicted octanol–water partition coefficient (Wildman–Crippen LogP) is 1.04. The summed E-state index contributed by atoms with van der Waals surface area (Å²) in [5, 5.41) is 12.7. The third-order valence-corrected chi connectivity index (χ3v) is 3.16. The summed E-state index contributed by atoms with van der Waals surface area (Å²) in [6.45, 7) is 0. The maximum atomic E-state index is 11.8. The second-order valence-corrected chi connectivity index (χ2v) is 4.56. The lowest BCUT2D eigenvalue weighted by atomic mass is 9.92. The standard InChI is InChI=1S/C13H18N2O2/c16-12-6-2-1-5-11(12)15-13(17)8-10-4-3-7-14-9-10/h3-4,7,9,11-12,16H,1-2,5-6,8H2,(H,15,17). The van der Waals surface area contributed by atoms with Gasteiger partial charge in [-0.1, -0.05) is 18.9 Å². The number of hydrogen-bond donors (Lipinski definition) is 2. The van der Waals surface area contributed by atoms with Crippen molar-refractivity contribution in [3.05, 3.63) is 30.1 Å². The molecule has 17 heavy (non-hydrogen) atoms. The van der Waals surface area contributed by atoms with E-state index in [9.17, 15) is 9.90 Å². The molecule has 0 aromatic carbocycles. The van der Waals surface area contributed by atoms with Crippen LogP contribution >= 0.6 is 0 Å². The van der Waals surface area contributed by atoms with Crippen LogP contribution in [0.5, 0.6) is 0 Å². The van der Waals surface area contributed by atoms with Gasteiger partial charge in [0.1, 0.15) is 0 Å². The van der Waals surface area contributed by atoms with E-state index in [2.05, 4.69) is 10.3 Å². The summed E-state index contributed by atoms with van der Waals surface area (Å²) in [7, 11) is 0. The van der Waals surface area contributed by atoms with Crippen LogP contribution in [-0.2, 0) is 11.2 Å². The Bertz CT molecular complexity index is 367. The minimum absolute atomic E-state index is 0.0380. The number of pyridine rings is 1. The van der Waals surface area contributed by atoms with Crippen molar-refractivity contribution in [2.75, 3.05) is 0 Å². The molecule has 1 fully saturated rings. The number of nitrogens with zero attached hydrogens (tertiary/aromatic N) is 1. The number of aliphatic hydroxyl groups is 1. The molecular weight excluding hydrogens is 216 g/mol. The van der Waals surface area contributed by atoms with Crippen LogP contribution in [0.3, 0.4) is 0 Å². The van der Waals surface area contributed by atoms with E-state index in [1.165, 1.54) is 0 Å². The van der Waals surface area contributed by atoms with Gasteiger partial charge in [-0.3, -0.25) is 9.78 Å². The summed E-state index contributed by atoms with van der Waals surface area (Å²) in [4.78, 5) is 15.7. The van der Waals surface area contributed by atoms with Crippen molar-refractivity contribution >= 4 is 5.91 Å². The van der Waals surface area contributed by atoms with Gasteiger partial charge in [-0.25, -0.2) is 0 Å². The van der Waals surface area contributed by atoms with Gasteiger partial charge in [0.05, 0.1) is 18.6 Å². The molecule has 2 atom stereocenters. The first-order chi connectivity index (χ1) is 8.25. The van der Waals surface area contributed by atoms with Crippen LogP contribution in [-0.4, -0.2) is 28.1 Å². The van der Waals surface area contributed by atoms with Crippen molar-refractivity contribution in [3.8, 4) is 0 Å². The first kappa shape index (κ1) is 12.0. The third kappa shape index (κ3) is 3.53. The Labute approximate surface area is 101 Å². The van der Waals surface area contributed by atoms with Crippen LogP contribution in [0.2, 0.25) is 0 Å². The summed E-state index contributed by atoms with van der Waals surface area (Å²) >= 11 is 0. The number of nitrogens with one attached hydrogen (secondary N) is 1. The highest BCUT2D eigenvalue weighted by atomic mass is 16.3. The fourth-order valence-corrected chi connectivity index (χ4v) is 2.23. The van der Waals surface area contributed by atoms with Gasteiger partial charge in [-0.2, -0.15) is 0 Å². The summed E-state index contributed by atoms with van der Waals surface area (Å²) in [5.74, 6) is -0.0380. The van der Waals surface area contributed by atoms with Crippen LogP contribution in [0, 0.1) is 0 Å². The number of rotatable bonds is 3. The van der Waals surface area contributed by atoms with E-state index in [1.807, 2.05) is 12.1 Å². The van der Waals surface area contributed by atoms with Gasteiger partial charge in [0.25, 0.3) is 0 Å². The molecule has 0 radical (unpaired) electrons. The fraction of sp³-hybridized carbons (Fsp3) is 0.538. The molecule has 0 saturated heterocycles. The Morgan fingerprint density at radius 2 is 2.29 bits per heavy atom. The van der Waals surface area contributed by atoms with E-state index in [0.717, 1.165) is 31.2 Å². The molecule has 0 aliphatic heterocycles. The molecule has 1 amide bonds. The highest BCUT2D eigenvalue weighted by molar-refractivity contribution is 5.78. The normalized spacial score (nSPS) is 24.3. The van der Waals surface area contributed by atoms with Crippen molar-refractivity contribution in [3.63, 3.8) is 0 Å². The van der Waals surface area contributed by atoms with Gasteiger partial charge in [0, 0.05) is 12.4 Å². The van der Waals surface area contributed by atoms with Gasteiger partial charge < -0.3 is 10.4 Å². The zero-order valence-electron chi connectivity index (χ0n) is 9.80. The quantitative estimate of drug-likeness (QED) is 0.821. The third-order valence-electron chi connectivity index (χ3n) is 3.16. The Morgan fingerprint density at radius 1 is 1.47 bits per heavy atom. The maximum Gasteiger partial charge on any atom is 0.224 e. The molecule has 4 nitrogen and oxygen atoms in total. The zero-order valence-corrected chi connectivity index (χ0v) is 9.80. The van der Waals surface area contributed by atoms with Crippen molar-refractivity contribution in [1.82, 2.24) is 10.3 Å². The van der Waals surface area contributed by atoms with Crippen molar-refractivity contribution < 1.29 is 9.90 Å². The molecule has 2 unspecified atom stereocenters. The molecule has 92 valence electrons. The number of hydrogen-bond acceptors (Lipinski definition) is 3. The molecule has 1 aromatic rings. The lowest BCUT2D eigenvalue weighted by Gasteiger charge is -2.28. The fourth-order valence-electron chi connectivity index (χ4n) is 2.23. The molecule has 0 bridgehead atoms. The summed E-state index contributed by atoms with van der Waals surface area (Å²) in [6, 6.07) is 3.62. The molecule has 1 aromatic heterocycles. The minimum atomic E-state index is -0.387. The maximum absolute atomic E-state index is 11.8. The molecule has 2 rings (SSSR count). The molecule has 0 spiro atoms. The van der Waals surface area contributed by atoms with Crippen LogP contribution in [0.15, 0.2) is 24.5 Å². The Balaban J connectivity index is 1.84. The second kappa shape index (κ2) is 5.77. The summed E-state index contributed by atoms with van der Waals surface area (Å²) < 4.78 is 0. The van der Waals surface area contributed by atoms with E-state index in [4.69, 9.17) is 0 Å². The van der Waals surface area contributed by atoms with Crippen molar-refractivity contribution in [2.45, 2.75) is 44.2 Å². The van der Waals surface area contributed by atoms with Crippen molar-refractivity contribution in [1.29, 1.82) is 0 Å². The van der Waals surface area contributed by atoms with E-state index in [1.54, 1.807) is 12.4 Å². The molecular formula is C13H18N2O2. The van der Waals surface area contributed by atoms with Gasteiger partial charge in [-0.15, -0.1) is 0 Å². The second-order valence-electron chi connectivity index (χ2n) is 4.56. The molecule has 1 aliphatic carbocycles. The lowest BCUT2D eigenvalue weighted by Crippen LogP contribution is -2.45. The van der Waals surface area contributed by atoms with Gasteiger partial charge in [0.2, 0.25) is 5.91 Å². The highest BCUT2D eigenvalue weighted by Crippen LogP contribution is 2.18. The van der Waals surface area contributed by atoms with Gasteiger partial charge in [0.15, 0.2) is 0 Å². The summed E-state index contributed by atoms with van der Waals surface area (Å²) in [6.07, 6.45) is 7.12. The van der Waals surface area contributed by atoms with E-state index in [-0.39, 0.29) is 18.1 Å². The van der Waals surface area contributed by atoms with Crippen LogP contribution in [0.1, 0.15) is 31.2 Å². The molecule has 1 aliphatic rings. The van der Waals surface area contributed by atoms with Gasteiger partial charge in [-0.05, 0) is 24.5 Å². The molecule has 4 heteroatoms. The van der Waals surface area contributed by atoms with E-state index in [0.29, 0.717) is 6.42 Å². The molecule has 1 heterocycles.